The third-order valence-corrected chi connectivity index (χ3v) is 2.14. The van der Waals surface area contributed by atoms with Crippen LogP contribution in [-0.2, 0) is 9.53 Å². The largest absolute Gasteiger partial charge is 0.466 e. The van der Waals surface area contributed by atoms with Gasteiger partial charge in [0.1, 0.15) is 0 Å². The van der Waals surface area contributed by atoms with Crippen LogP contribution in [0.5, 0.6) is 0 Å². The standard InChI is InChI=1S/C6H12O2S2/c1-5(7)8-3-2-6(10)4-9/h6,9-10H,2-4H2,1H3. The van der Waals surface area contributed by atoms with Gasteiger partial charge in [0.15, 0.2) is 0 Å². The van der Waals surface area contributed by atoms with Crippen LogP contribution in [-0.4, -0.2) is 23.6 Å². The zero-order valence-corrected chi connectivity index (χ0v) is 7.70. The molecule has 0 bridgehead atoms. The van der Waals surface area contributed by atoms with Crippen molar-refractivity contribution in [3.8, 4) is 0 Å². The molecule has 0 saturated heterocycles. The minimum atomic E-state index is -0.236. The summed E-state index contributed by atoms with van der Waals surface area (Å²) in [5.41, 5.74) is 0. The third kappa shape index (κ3) is 6.29. The molecule has 0 spiro atoms. The highest BCUT2D eigenvalue weighted by Crippen LogP contribution is 2.02. The third-order valence-electron chi connectivity index (χ3n) is 0.967. The zero-order valence-electron chi connectivity index (χ0n) is 5.91. The van der Waals surface area contributed by atoms with Crippen LogP contribution in [0.25, 0.3) is 0 Å². The Balaban J connectivity index is 3.11. The molecule has 0 aromatic carbocycles. The second kappa shape index (κ2) is 5.92. The molecule has 0 aromatic rings. The fourth-order valence-electron chi connectivity index (χ4n) is 0.430. The average Bonchev–Trinajstić information content (AvgIpc) is 1.87. The first-order chi connectivity index (χ1) is 4.66. The number of thiol groups is 2. The van der Waals surface area contributed by atoms with Gasteiger partial charge in [0.2, 0.25) is 0 Å². The number of esters is 1. The summed E-state index contributed by atoms with van der Waals surface area (Å²) in [5.74, 6) is 0.476. The SMILES string of the molecule is CC(=O)OCCC(S)CS. The topological polar surface area (TPSA) is 26.3 Å². The maximum absolute atomic E-state index is 10.2. The molecule has 0 aliphatic rings. The Labute approximate surface area is 72.1 Å². The van der Waals surface area contributed by atoms with Gasteiger partial charge in [-0.15, -0.1) is 0 Å². The average molecular weight is 180 g/mol. The van der Waals surface area contributed by atoms with Gasteiger partial charge in [0, 0.05) is 17.9 Å². The molecule has 1 unspecified atom stereocenters. The minimum absolute atomic E-state index is 0.225. The van der Waals surface area contributed by atoms with E-state index in [1.807, 2.05) is 0 Å². The smallest absolute Gasteiger partial charge is 0.302 e. The van der Waals surface area contributed by atoms with Crippen LogP contribution >= 0.6 is 25.3 Å². The van der Waals surface area contributed by atoms with Crippen molar-refractivity contribution in [1.29, 1.82) is 0 Å². The van der Waals surface area contributed by atoms with Gasteiger partial charge < -0.3 is 4.74 Å². The second-order valence-electron chi connectivity index (χ2n) is 1.97. The van der Waals surface area contributed by atoms with E-state index in [1.54, 1.807) is 0 Å². The Morgan fingerprint density at radius 1 is 1.70 bits per heavy atom. The van der Waals surface area contributed by atoms with Gasteiger partial charge in [-0.05, 0) is 6.42 Å². The lowest BCUT2D eigenvalue weighted by Gasteiger charge is -2.05. The molecular formula is C6H12O2S2. The molecule has 0 fully saturated rings. The first-order valence-electron chi connectivity index (χ1n) is 3.09. The maximum Gasteiger partial charge on any atom is 0.302 e. The molecule has 0 radical (unpaired) electrons. The van der Waals surface area contributed by atoms with Crippen molar-refractivity contribution in [3.63, 3.8) is 0 Å². The van der Waals surface area contributed by atoms with E-state index in [0.29, 0.717) is 12.4 Å². The van der Waals surface area contributed by atoms with E-state index in [4.69, 9.17) is 4.74 Å². The van der Waals surface area contributed by atoms with E-state index >= 15 is 0 Å². The van der Waals surface area contributed by atoms with E-state index in [1.165, 1.54) is 6.92 Å². The van der Waals surface area contributed by atoms with Crippen LogP contribution in [0.15, 0.2) is 0 Å². The molecule has 0 saturated carbocycles. The monoisotopic (exact) mass is 180 g/mol. The van der Waals surface area contributed by atoms with Gasteiger partial charge in [-0.2, -0.15) is 25.3 Å². The number of hydrogen-bond donors (Lipinski definition) is 2. The molecule has 4 heteroatoms. The van der Waals surface area contributed by atoms with E-state index in [-0.39, 0.29) is 11.2 Å². The van der Waals surface area contributed by atoms with Crippen LogP contribution in [0.3, 0.4) is 0 Å². The summed E-state index contributed by atoms with van der Waals surface area (Å²) in [4.78, 5) is 10.2. The summed E-state index contributed by atoms with van der Waals surface area (Å²) in [6.07, 6.45) is 0.770. The Morgan fingerprint density at radius 2 is 2.30 bits per heavy atom. The summed E-state index contributed by atoms with van der Waals surface area (Å²) in [5, 5.41) is 0.225. The molecular weight excluding hydrogens is 168 g/mol. The zero-order chi connectivity index (χ0) is 7.98. The van der Waals surface area contributed by atoms with Crippen molar-refractivity contribution in [2.75, 3.05) is 12.4 Å². The van der Waals surface area contributed by atoms with Gasteiger partial charge in [-0.1, -0.05) is 0 Å². The fraction of sp³-hybridized carbons (Fsp3) is 0.833. The fourth-order valence-corrected chi connectivity index (χ4v) is 0.718. The van der Waals surface area contributed by atoms with E-state index in [2.05, 4.69) is 25.3 Å². The molecule has 1 atom stereocenters. The van der Waals surface area contributed by atoms with Gasteiger partial charge >= 0.3 is 5.97 Å². The van der Waals surface area contributed by atoms with Crippen LogP contribution in [0, 0.1) is 0 Å². The molecule has 2 nitrogen and oxygen atoms in total. The minimum Gasteiger partial charge on any atom is -0.466 e. The lowest BCUT2D eigenvalue weighted by molar-refractivity contribution is -0.140. The van der Waals surface area contributed by atoms with Gasteiger partial charge in [-0.3, -0.25) is 4.79 Å². The highest BCUT2D eigenvalue weighted by atomic mass is 32.1. The molecule has 0 aromatic heterocycles. The van der Waals surface area contributed by atoms with Gasteiger partial charge in [0.05, 0.1) is 6.61 Å². The van der Waals surface area contributed by atoms with Crippen LogP contribution in [0.1, 0.15) is 13.3 Å². The Bertz CT molecular complexity index is 106. The highest BCUT2D eigenvalue weighted by molar-refractivity contribution is 7.84. The van der Waals surface area contributed by atoms with Crippen molar-refractivity contribution < 1.29 is 9.53 Å². The van der Waals surface area contributed by atoms with Crippen molar-refractivity contribution in [1.82, 2.24) is 0 Å². The molecule has 0 aliphatic heterocycles. The van der Waals surface area contributed by atoms with Crippen LogP contribution < -0.4 is 0 Å². The van der Waals surface area contributed by atoms with Crippen LogP contribution in [0.4, 0.5) is 0 Å². The number of ether oxygens (including phenoxy) is 1. The predicted molar refractivity (Wildman–Crippen MR) is 47.9 cm³/mol. The first-order valence-corrected chi connectivity index (χ1v) is 4.24. The first kappa shape index (κ1) is 10.2. The molecule has 10 heavy (non-hydrogen) atoms. The summed E-state index contributed by atoms with van der Waals surface area (Å²) in [6, 6.07) is 0. The van der Waals surface area contributed by atoms with Crippen molar-refractivity contribution in [3.05, 3.63) is 0 Å². The second-order valence-corrected chi connectivity index (χ2v) is 3.06. The number of hydrogen-bond acceptors (Lipinski definition) is 4. The Morgan fingerprint density at radius 3 is 2.70 bits per heavy atom. The lowest BCUT2D eigenvalue weighted by atomic mass is 10.3. The quantitative estimate of drug-likeness (QED) is 0.502. The van der Waals surface area contributed by atoms with Crippen molar-refractivity contribution >= 4 is 31.2 Å². The van der Waals surface area contributed by atoms with Crippen molar-refractivity contribution in [2.45, 2.75) is 18.6 Å². The van der Waals surface area contributed by atoms with Crippen LogP contribution in [0.2, 0.25) is 0 Å². The molecule has 0 aliphatic carbocycles. The number of rotatable bonds is 4. The molecule has 0 rings (SSSR count). The summed E-state index contributed by atoms with van der Waals surface area (Å²) >= 11 is 8.19. The Kier molecular flexibility index (Phi) is 6.02. The Hall–Kier alpha value is 0.170. The summed E-state index contributed by atoms with van der Waals surface area (Å²) in [6.45, 7) is 1.85. The predicted octanol–water partition coefficient (Wildman–Crippen LogP) is 1.17. The maximum atomic E-state index is 10.2. The normalized spacial score (nSPS) is 12.7. The number of carbonyl (C=O) groups excluding carboxylic acids is 1. The van der Waals surface area contributed by atoms with Gasteiger partial charge in [0.25, 0.3) is 0 Å². The van der Waals surface area contributed by atoms with E-state index < -0.39 is 0 Å². The molecule has 0 N–H and O–H groups in total. The lowest BCUT2D eigenvalue weighted by Crippen LogP contribution is -2.08. The molecule has 60 valence electrons. The number of carbonyl (C=O) groups is 1. The van der Waals surface area contributed by atoms with Crippen molar-refractivity contribution in [2.24, 2.45) is 0 Å². The molecule has 0 heterocycles. The van der Waals surface area contributed by atoms with E-state index in [0.717, 1.165) is 6.42 Å². The summed E-state index contributed by atoms with van der Waals surface area (Å²) in [7, 11) is 0. The summed E-state index contributed by atoms with van der Waals surface area (Å²) < 4.78 is 4.69. The van der Waals surface area contributed by atoms with Gasteiger partial charge in [-0.25, -0.2) is 0 Å². The van der Waals surface area contributed by atoms with E-state index in [9.17, 15) is 4.79 Å². The highest BCUT2D eigenvalue weighted by Gasteiger charge is 2.00. The molecule has 0 amide bonds.